The van der Waals surface area contributed by atoms with Gasteiger partial charge in [0.25, 0.3) is 0 Å². The average Bonchev–Trinajstić information content (AvgIpc) is 2.56. The summed E-state index contributed by atoms with van der Waals surface area (Å²) < 4.78 is 0. The fraction of sp³-hybridized carbons (Fsp3) is 0.278. The van der Waals surface area contributed by atoms with Crippen LogP contribution < -0.4 is 11.1 Å². The van der Waals surface area contributed by atoms with Crippen LogP contribution in [-0.4, -0.2) is 30.4 Å². The van der Waals surface area contributed by atoms with Gasteiger partial charge in [0.2, 0.25) is 5.91 Å². The van der Waals surface area contributed by atoms with Crippen LogP contribution in [0.15, 0.2) is 48.5 Å². The van der Waals surface area contributed by atoms with E-state index in [1.54, 1.807) is 6.07 Å². The van der Waals surface area contributed by atoms with Crippen molar-refractivity contribution < 1.29 is 4.79 Å². The minimum atomic E-state index is -0.394. The van der Waals surface area contributed by atoms with Gasteiger partial charge in [0.05, 0.1) is 0 Å². The van der Waals surface area contributed by atoms with Crippen molar-refractivity contribution in [3.05, 3.63) is 70.2 Å². The van der Waals surface area contributed by atoms with E-state index in [1.807, 2.05) is 36.4 Å². The molecule has 3 rings (SSSR count). The Bertz CT molecular complexity index is 704. The summed E-state index contributed by atoms with van der Waals surface area (Å²) in [5, 5.41) is 4.22. The van der Waals surface area contributed by atoms with Crippen molar-refractivity contribution in [1.29, 1.82) is 0 Å². The third-order valence-corrected chi connectivity index (χ3v) is 4.56. The summed E-state index contributed by atoms with van der Waals surface area (Å²) in [6, 6.07) is 15.7. The van der Waals surface area contributed by atoms with Crippen LogP contribution in [0.4, 0.5) is 0 Å². The highest BCUT2D eigenvalue weighted by Crippen LogP contribution is 2.29. The molecule has 2 aromatic carbocycles. The minimum Gasteiger partial charge on any atom is -0.366 e. The van der Waals surface area contributed by atoms with Gasteiger partial charge in [-0.1, -0.05) is 41.9 Å². The van der Waals surface area contributed by atoms with Gasteiger partial charge in [-0.3, -0.25) is 9.69 Å². The Hall–Kier alpha value is -1.88. The predicted octanol–water partition coefficient (Wildman–Crippen LogP) is 2.59. The first-order valence-electron chi connectivity index (χ1n) is 7.73. The molecule has 1 heterocycles. The molecule has 120 valence electrons. The molecule has 1 atom stereocenters. The SMILES string of the molecule is NC(=O)c1cccc(CN2CCNCC2c2ccccc2Cl)c1. The van der Waals surface area contributed by atoms with E-state index >= 15 is 0 Å². The smallest absolute Gasteiger partial charge is 0.248 e. The highest BCUT2D eigenvalue weighted by molar-refractivity contribution is 6.31. The van der Waals surface area contributed by atoms with Gasteiger partial charge in [-0.25, -0.2) is 0 Å². The van der Waals surface area contributed by atoms with Crippen molar-refractivity contribution in [2.24, 2.45) is 5.73 Å². The highest BCUT2D eigenvalue weighted by Gasteiger charge is 2.25. The van der Waals surface area contributed by atoms with Crippen molar-refractivity contribution in [2.75, 3.05) is 19.6 Å². The molecule has 1 aliphatic rings. The fourth-order valence-corrected chi connectivity index (χ4v) is 3.31. The average molecular weight is 330 g/mol. The van der Waals surface area contributed by atoms with Crippen LogP contribution in [0.25, 0.3) is 0 Å². The number of nitrogens with zero attached hydrogens (tertiary/aromatic N) is 1. The second-order valence-corrected chi connectivity index (χ2v) is 6.18. The van der Waals surface area contributed by atoms with E-state index in [0.717, 1.165) is 42.3 Å². The van der Waals surface area contributed by atoms with Gasteiger partial charge in [-0.15, -0.1) is 0 Å². The number of piperazine rings is 1. The molecule has 0 spiro atoms. The lowest BCUT2D eigenvalue weighted by Crippen LogP contribution is -2.45. The third kappa shape index (κ3) is 3.72. The number of benzene rings is 2. The zero-order chi connectivity index (χ0) is 16.2. The Morgan fingerprint density at radius 1 is 1.26 bits per heavy atom. The van der Waals surface area contributed by atoms with E-state index in [1.165, 1.54) is 0 Å². The Morgan fingerprint density at radius 2 is 2.09 bits per heavy atom. The van der Waals surface area contributed by atoms with E-state index in [9.17, 15) is 4.79 Å². The number of nitrogens with one attached hydrogen (secondary N) is 1. The van der Waals surface area contributed by atoms with E-state index in [2.05, 4.69) is 16.3 Å². The maximum atomic E-state index is 11.4. The Kier molecular flexibility index (Phi) is 4.96. The largest absolute Gasteiger partial charge is 0.366 e. The lowest BCUT2D eigenvalue weighted by molar-refractivity contribution is 0.1000. The Morgan fingerprint density at radius 3 is 2.87 bits per heavy atom. The van der Waals surface area contributed by atoms with E-state index in [4.69, 9.17) is 17.3 Å². The Balaban J connectivity index is 1.83. The number of hydrogen-bond donors (Lipinski definition) is 2. The molecular weight excluding hydrogens is 310 g/mol. The maximum Gasteiger partial charge on any atom is 0.248 e. The van der Waals surface area contributed by atoms with Gasteiger partial charge in [-0.05, 0) is 29.3 Å². The molecule has 0 aromatic heterocycles. The first-order chi connectivity index (χ1) is 11.1. The Labute approximate surface area is 141 Å². The third-order valence-electron chi connectivity index (χ3n) is 4.22. The molecule has 4 nitrogen and oxygen atoms in total. The molecule has 5 heteroatoms. The highest BCUT2D eigenvalue weighted by atomic mass is 35.5. The van der Waals surface area contributed by atoms with Crippen LogP contribution in [-0.2, 0) is 6.54 Å². The van der Waals surface area contributed by atoms with E-state index in [-0.39, 0.29) is 6.04 Å². The lowest BCUT2D eigenvalue weighted by Gasteiger charge is -2.37. The summed E-state index contributed by atoms with van der Waals surface area (Å²) in [4.78, 5) is 13.7. The van der Waals surface area contributed by atoms with Crippen LogP contribution >= 0.6 is 11.6 Å². The number of nitrogens with two attached hydrogens (primary N) is 1. The quantitative estimate of drug-likeness (QED) is 0.906. The van der Waals surface area contributed by atoms with E-state index in [0.29, 0.717) is 5.56 Å². The molecule has 1 saturated heterocycles. The van der Waals surface area contributed by atoms with Gasteiger partial charge >= 0.3 is 0 Å². The van der Waals surface area contributed by atoms with Gasteiger partial charge in [0, 0.05) is 42.8 Å². The molecule has 1 aliphatic heterocycles. The van der Waals surface area contributed by atoms with Crippen LogP contribution in [0.3, 0.4) is 0 Å². The monoisotopic (exact) mass is 329 g/mol. The summed E-state index contributed by atoms with van der Waals surface area (Å²) in [5.41, 5.74) is 8.14. The standard InChI is InChI=1S/C18H20ClN3O/c19-16-7-2-1-6-15(16)17-11-21-8-9-22(17)12-13-4-3-5-14(10-13)18(20)23/h1-7,10,17,21H,8-9,11-12H2,(H2,20,23). The number of halogens is 1. The lowest BCUT2D eigenvalue weighted by atomic mass is 10.0. The van der Waals surface area contributed by atoms with Crippen molar-refractivity contribution >= 4 is 17.5 Å². The van der Waals surface area contributed by atoms with Gasteiger partial charge in [0.15, 0.2) is 0 Å². The number of rotatable bonds is 4. The number of carbonyl (C=O) groups excluding carboxylic acids is 1. The van der Waals surface area contributed by atoms with Crippen LogP contribution in [0, 0.1) is 0 Å². The second-order valence-electron chi connectivity index (χ2n) is 5.78. The molecular formula is C18H20ClN3O. The van der Waals surface area contributed by atoms with E-state index < -0.39 is 5.91 Å². The molecule has 1 fully saturated rings. The molecule has 1 amide bonds. The summed E-state index contributed by atoms with van der Waals surface area (Å²) in [6.45, 7) is 3.49. The van der Waals surface area contributed by atoms with Crippen LogP contribution in [0.5, 0.6) is 0 Å². The van der Waals surface area contributed by atoms with Crippen molar-refractivity contribution in [1.82, 2.24) is 10.2 Å². The molecule has 23 heavy (non-hydrogen) atoms. The fourth-order valence-electron chi connectivity index (χ4n) is 3.05. The zero-order valence-corrected chi connectivity index (χ0v) is 13.6. The number of amides is 1. The molecule has 0 aliphatic carbocycles. The number of hydrogen-bond acceptors (Lipinski definition) is 3. The molecule has 3 N–H and O–H groups in total. The van der Waals surface area contributed by atoms with Crippen molar-refractivity contribution in [2.45, 2.75) is 12.6 Å². The summed E-state index contributed by atoms with van der Waals surface area (Å²) in [5.74, 6) is -0.394. The summed E-state index contributed by atoms with van der Waals surface area (Å²) in [7, 11) is 0. The number of carbonyl (C=O) groups is 1. The number of primary amides is 1. The maximum absolute atomic E-state index is 11.4. The first kappa shape index (κ1) is 16.0. The second kappa shape index (κ2) is 7.13. The molecule has 0 radical (unpaired) electrons. The summed E-state index contributed by atoms with van der Waals surface area (Å²) in [6.07, 6.45) is 0. The molecule has 0 saturated carbocycles. The topological polar surface area (TPSA) is 58.4 Å². The van der Waals surface area contributed by atoms with Gasteiger partial charge in [0.1, 0.15) is 0 Å². The van der Waals surface area contributed by atoms with Crippen molar-refractivity contribution in [3.63, 3.8) is 0 Å². The zero-order valence-electron chi connectivity index (χ0n) is 12.8. The van der Waals surface area contributed by atoms with Crippen LogP contribution in [0.1, 0.15) is 27.5 Å². The molecule has 1 unspecified atom stereocenters. The van der Waals surface area contributed by atoms with Gasteiger partial charge in [-0.2, -0.15) is 0 Å². The normalized spacial score (nSPS) is 18.7. The van der Waals surface area contributed by atoms with Crippen molar-refractivity contribution in [3.8, 4) is 0 Å². The predicted molar refractivity (Wildman–Crippen MR) is 92.4 cm³/mol. The minimum absolute atomic E-state index is 0.217. The van der Waals surface area contributed by atoms with Crippen LogP contribution in [0.2, 0.25) is 5.02 Å². The summed E-state index contributed by atoms with van der Waals surface area (Å²) >= 11 is 6.38. The molecule has 2 aromatic rings. The first-order valence-corrected chi connectivity index (χ1v) is 8.11. The van der Waals surface area contributed by atoms with Gasteiger partial charge < -0.3 is 11.1 Å². The molecule has 0 bridgehead atoms.